The number of hydrogen-bond donors (Lipinski definition) is 2. The molecule has 0 fully saturated rings. The molecule has 12 heavy (non-hydrogen) atoms. The van der Waals surface area contributed by atoms with E-state index in [-0.39, 0.29) is 6.61 Å². The van der Waals surface area contributed by atoms with Gasteiger partial charge in [0, 0.05) is 6.61 Å². The van der Waals surface area contributed by atoms with E-state index in [0.29, 0.717) is 6.61 Å². The van der Waals surface area contributed by atoms with E-state index in [4.69, 9.17) is 14.9 Å². The summed E-state index contributed by atoms with van der Waals surface area (Å²) in [4.78, 5) is 10.1. The van der Waals surface area contributed by atoms with Crippen LogP contribution in [0.25, 0.3) is 0 Å². The standard InChI is InChI=1S/C8H16O4/c1-2-3-4-5-12-6-7(9)8(10)11/h7,9H,2-6H2,1H3,(H,10,11). The molecule has 0 amide bonds. The molecule has 0 aromatic heterocycles. The largest absolute Gasteiger partial charge is 0.479 e. The average molecular weight is 176 g/mol. The second kappa shape index (κ2) is 7.06. The number of unbranched alkanes of at least 4 members (excludes halogenated alkanes) is 2. The summed E-state index contributed by atoms with van der Waals surface area (Å²) in [5, 5.41) is 17.0. The zero-order valence-electron chi connectivity index (χ0n) is 7.32. The Hall–Kier alpha value is -0.610. The van der Waals surface area contributed by atoms with Crippen molar-refractivity contribution in [2.45, 2.75) is 32.3 Å². The molecule has 1 atom stereocenters. The van der Waals surface area contributed by atoms with Crippen molar-refractivity contribution in [2.24, 2.45) is 0 Å². The Labute approximate surface area is 72.2 Å². The van der Waals surface area contributed by atoms with E-state index in [2.05, 4.69) is 6.92 Å². The van der Waals surface area contributed by atoms with Gasteiger partial charge in [-0.15, -0.1) is 0 Å². The molecule has 0 rings (SSSR count). The normalized spacial score (nSPS) is 12.8. The minimum Gasteiger partial charge on any atom is -0.479 e. The van der Waals surface area contributed by atoms with Gasteiger partial charge in [0.25, 0.3) is 0 Å². The highest BCUT2D eigenvalue weighted by atomic mass is 16.5. The van der Waals surface area contributed by atoms with Gasteiger partial charge < -0.3 is 14.9 Å². The van der Waals surface area contributed by atoms with Crippen LogP contribution in [0.15, 0.2) is 0 Å². The van der Waals surface area contributed by atoms with Crippen LogP contribution in [0.3, 0.4) is 0 Å². The Kier molecular flexibility index (Phi) is 6.70. The Bertz CT molecular complexity index is 124. The van der Waals surface area contributed by atoms with Crippen molar-refractivity contribution in [1.29, 1.82) is 0 Å². The number of aliphatic hydroxyl groups is 1. The first kappa shape index (κ1) is 11.4. The molecule has 0 aliphatic carbocycles. The van der Waals surface area contributed by atoms with Crippen molar-refractivity contribution >= 4 is 5.97 Å². The van der Waals surface area contributed by atoms with Crippen LogP contribution in [0, 0.1) is 0 Å². The number of aliphatic carboxylic acids is 1. The number of carboxylic acid groups (broad SMARTS) is 1. The van der Waals surface area contributed by atoms with E-state index >= 15 is 0 Å². The van der Waals surface area contributed by atoms with Crippen LogP contribution in [0.5, 0.6) is 0 Å². The van der Waals surface area contributed by atoms with E-state index in [9.17, 15) is 4.79 Å². The molecule has 0 saturated heterocycles. The minimum absolute atomic E-state index is 0.112. The summed E-state index contributed by atoms with van der Waals surface area (Å²) in [5.41, 5.74) is 0. The summed E-state index contributed by atoms with van der Waals surface area (Å²) in [5.74, 6) is -1.23. The van der Waals surface area contributed by atoms with Crippen molar-refractivity contribution in [2.75, 3.05) is 13.2 Å². The van der Waals surface area contributed by atoms with Crippen LogP contribution < -0.4 is 0 Å². The topological polar surface area (TPSA) is 66.8 Å². The van der Waals surface area contributed by atoms with Gasteiger partial charge in [-0.05, 0) is 6.42 Å². The molecule has 0 heterocycles. The van der Waals surface area contributed by atoms with Crippen molar-refractivity contribution in [3.63, 3.8) is 0 Å². The van der Waals surface area contributed by atoms with Crippen LogP contribution >= 0.6 is 0 Å². The lowest BCUT2D eigenvalue weighted by Gasteiger charge is -2.05. The van der Waals surface area contributed by atoms with E-state index < -0.39 is 12.1 Å². The molecule has 4 heteroatoms. The first-order chi connectivity index (χ1) is 5.68. The summed E-state index contributed by atoms with van der Waals surface area (Å²) < 4.78 is 4.93. The Morgan fingerprint density at radius 3 is 2.67 bits per heavy atom. The van der Waals surface area contributed by atoms with E-state index in [0.717, 1.165) is 19.3 Å². The third-order valence-electron chi connectivity index (χ3n) is 1.45. The van der Waals surface area contributed by atoms with Crippen LogP contribution in [-0.2, 0) is 9.53 Å². The van der Waals surface area contributed by atoms with Gasteiger partial charge in [-0.2, -0.15) is 0 Å². The van der Waals surface area contributed by atoms with Crippen molar-refractivity contribution < 1.29 is 19.7 Å². The van der Waals surface area contributed by atoms with Crippen LogP contribution in [0.4, 0.5) is 0 Å². The molecule has 0 radical (unpaired) electrons. The number of hydrogen-bond acceptors (Lipinski definition) is 3. The van der Waals surface area contributed by atoms with E-state index in [1.54, 1.807) is 0 Å². The van der Waals surface area contributed by atoms with Gasteiger partial charge in [0.15, 0.2) is 6.10 Å². The molecule has 2 N–H and O–H groups in total. The Morgan fingerprint density at radius 1 is 1.50 bits per heavy atom. The summed E-state index contributed by atoms with van der Waals surface area (Å²) in [7, 11) is 0. The van der Waals surface area contributed by atoms with Gasteiger partial charge in [0.2, 0.25) is 0 Å². The number of rotatable bonds is 7. The fraction of sp³-hybridized carbons (Fsp3) is 0.875. The fourth-order valence-electron chi connectivity index (χ4n) is 0.720. The minimum atomic E-state index is -1.38. The van der Waals surface area contributed by atoms with Gasteiger partial charge in [0.05, 0.1) is 6.61 Å². The van der Waals surface area contributed by atoms with Gasteiger partial charge in [-0.25, -0.2) is 4.79 Å². The van der Waals surface area contributed by atoms with Gasteiger partial charge >= 0.3 is 5.97 Å². The molecule has 0 spiro atoms. The lowest BCUT2D eigenvalue weighted by Crippen LogP contribution is -2.25. The molecular weight excluding hydrogens is 160 g/mol. The molecule has 0 aromatic carbocycles. The van der Waals surface area contributed by atoms with Crippen molar-refractivity contribution in [3.8, 4) is 0 Å². The first-order valence-corrected chi connectivity index (χ1v) is 4.17. The Morgan fingerprint density at radius 2 is 2.17 bits per heavy atom. The summed E-state index contributed by atoms with van der Waals surface area (Å²) in [6, 6.07) is 0. The monoisotopic (exact) mass is 176 g/mol. The van der Waals surface area contributed by atoms with Crippen LogP contribution in [0.2, 0.25) is 0 Å². The molecule has 0 saturated carbocycles. The third-order valence-corrected chi connectivity index (χ3v) is 1.45. The SMILES string of the molecule is CCCCCOCC(O)C(=O)O. The van der Waals surface area contributed by atoms with Gasteiger partial charge in [-0.3, -0.25) is 0 Å². The van der Waals surface area contributed by atoms with Gasteiger partial charge in [-0.1, -0.05) is 19.8 Å². The molecule has 72 valence electrons. The molecule has 0 bridgehead atoms. The number of carboxylic acids is 1. The molecule has 4 nitrogen and oxygen atoms in total. The van der Waals surface area contributed by atoms with E-state index in [1.807, 2.05) is 0 Å². The summed E-state index contributed by atoms with van der Waals surface area (Å²) >= 11 is 0. The van der Waals surface area contributed by atoms with Gasteiger partial charge in [0.1, 0.15) is 0 Å². The highest BCUT2D eigenvalue weighted by Crippen LogP contribution is 1.95. The number of ether oxygens (including phenoxy) is 1. The summed E-state index contributed by atoms with van der Waals surface area (Å²) in [6.07, 6.45) is 1.71. The maximum absolute atomic E-state index is 10.1. The van der Waals surface area contributed by atoms with E-state index in [1.165, 1.54) is 0 Å². The highest BCUT2D eigenvalue weighted by molar-refractivity contribution is 5.71. The quantitative estimate of drug-likeness (QED) is 0.558. The fourth-order valence-corrected chi connectivity index (χ4v) is 0.720. The number of carbonyl (C=O) groups is 1. The second-order valence-electron chi connectivity index (χ2n) is 2.64. The molecule has 0 aliphatic heterocycles. The first-order valence-electron chi connectivity index (χ1n) is 4.17. The zero-order valence-corrected chi connectivity index (χ0v) is 7.32. The third kappa shape index (κ3) is 6.12. The predicted molar refractivity (Wildman–Crippen MR) is 44.0 cm³/mol. The number of aliphatic hydroxyl groups excluding tert-OH is 1. The van der Waals surface area contributed by atoms with Crippen LogP contribution in [-0.4, -0.2) is 35.5 Å². The summed E-state index contributed by atoms with van der Waals surface area (Å²) in [6.45, 7) is 2.49. The zero-order chi connectivity index (χ0) is 9.40. The predicted octanol–water partition coefficient (Wildman–Crippen LogP) is 0.639. The van der Waals surface area contributed by atoms with Crippen molar-refractivity contribution in [1.82, 2.24) is 0 Å². The molecule has 0 aliphatic rings. The maximum atomic E-state index is 10.1. The lowest BCUT2D eigenvalue weighted by atomic mass is 10.3. The molecule has 1 unspecified atom stereocenters. The lowest BCUT2D eigenvalue weighted by molar-refractivity contribution is -0.149. The maximum Gasteiger partial charge on any atom is 0.334 e. The molecule has 0 aromatic rings. The molecular formula is C8H16O4. The Balaban J connectivity index is 3.14. The highest BCUT2D eigenvalue weighted by Gasteiger charge is 2.11. The average Bonchev–Trinajstić information content (AvgIpc) is 2.03. The smallest absolute Gasteiger partial charge is 0.334 e. The van der Waals surface area contributed by atoms with Crippen LogP contribution in [0.1, 0.15) is 26.2 Å². The van der Waals surface area contributed by atoms with Crippen molar-refractivity contribution in [3.05, 3.63) is 0 Å². The second-order valence-corrected chi connectivity index (χ2v) is 2.64.